The van der Waals surface area contributed by atoms with Gasteiger partial charge in [-0.15, -0.1) is 0 Å². The molecular weight excluding hydrogens is 272 g/mol. The van der Waals surface area contributed by atoms with E-state index in [0.29, 0.717) is 12.2 Å². The summed E-state index contributed by atoms with van der Waals surface area (Å²) < 4.78 is 33.3. The van der Waals surface area contributed by atoms with Crippen LogP contribution >= 0.6 is 0 Å². The number of halogens is 2. The predicted octanol–water partition coefficient (Wildman–Crippen LogP) is 3.75. The van der Waals surface area contributed by atoms with Gasteiger partial charge in [-0.05, 0) is 31.0 Å². The summed E-state index contributed by atoms with van der Waals surface area (Å²) >= 11 is 0. The van der Waals surface area contributed by atoms with Crippen LogP contribution < -0.4 is 10.5 Å². The third-order valence-electron chi connectivity index (χ3n) is 3.10. The molecule has 0 saturated heterocycles. The maximum absolute atomic E-state index is 14.1. The monoisotopic (exact) mass is 291 g/mol. The molecule has 2 aromatic rings. The summed E-state index contributed by atoms with van der Waals surface area (Å²) in [4.78, 5) is 0. The Morgan fingerprint density at radius 1 is 1.05 bits per heavy atom. The van der Waals surface area contributed by atoms with Crippen LogP contribution in [0.3, 0.4) is 0 Å². The van der Waals surface area contributed by atoms with E-state index in [9.17, 15) is 8.78 Å². The molecule has 0 heterocycles. The number of rotatable bonds is 6. The van der Waals surface area contributed by atoms with Crippen LogP contribution in [-0.4, -0.2) is 12.6 Å². The molecule has 0 saturated carbocycles. The Bertz CT molecular complexity index is 553. The lowest BCUT2D eigenvalue weighted by atomic mass is 10.0. The fourth-order valence-corrected chi connectivity index (χ4v) is 2.03. The molecular formula is C17H19F2NO. The normalized spacial score (nSPS) is 13.0. The largest absolute Gasteiger partial charge is 0.487 e. The minimum Gasteiger partial charge on any atom is -0.487 e. The summed E-state index contributed by atoms with van der Waals surface area (Å²) in [5, 5.41) is 0. The van der Waals surface area contributed by atoms with Crippen molar-refractivity contribution in [3.05, 3.63) is 65.7 Å². The summed E-state index contributed by atoms with van der Waals surface area (Å²) in [6, 6.07) is 14.9. The molecule has 0 aliphatic carbocycles. The Balaban J connectivity index is 2.01. The number of para-hydroxylation sites is 1. The number of alkyl halides is 2. The second-order valence-electron chi connectivity index (χ2n) is 5.18. The second-order valence-corrected chi connectivity index (χ2v) is 5.18. The van der Waals surface area contributed by atoms with Crippen molar-refractivity contribution in [1.29, 1.82) is 0 Å². The lowest BCUT2D eigenvalue weighted by molar-refractivity contribution is -0.0467. The smallest absolute Gasteiger partial charge is 0.306 e. The van der Waals surface area contributed by atoms with Crippen molar-refractivity contribution < 1.29 is 13.5 Å². The van der Waals surface area contributed by atoms with Crippen molar-refractivity contribution in [3.8, 4) is 5.75 Å². The fraction of sp³-hybridized carbons (Fsp3) is 0.294. The molecule has 0 amide bonds. The molecule has 0 unspecified atom stereocenters. The van der Waals surface area contributed by atoms with Crippen LogP contribution in [0.25, 0.3) is 0 Å². The fourth-order valence-electron chi connectivity index (χ4n) is 2.03. The first kappa shape index (κ1) is 15.4. The van der Waals surface area contributed by atoms with Crippen molar-refractivity contribution in [1.82, 2.24) is 0 Å². The van der Waals surface area contributed by atoms with Gasteiger partial charge in [0.2, 0.25) is 0 Å². The van der Waals surface area contributed by atoms with Gasteiger partial charge < -0.3 is 10.5 Å². The van der Waals surface area contributed by atoms with E-state index in [1.807, 2.05) is 13.0 Å². The van der Waals surface area contributed by atoms with Crippen LogP contribution in [0.4, 0.5) is 8.78 Å². The van der Waals surface area contributed by atoms with Gasteiger partial charge in [0.05, 0.1) is 0 Å². The number of benzene rings is 2. The first-order chi connectivity index (χ1) is 9.97. The van der Waals surface area contributed by atoms with Crippen LogP contribution in [0, 0.1) is 0 Å². The van der Waals surface area contributed by atoms with Crippen molar-refractivity contribution in [2.45, 2.75) is 25.3 Å². The topological polar surface area (TPSA) is 35.2 Å². The van der Waals surface area contributed by atoms with E-state index in [2.05, 4.69) is 0 Å². The Labute approximate surface area is 123 Å². The molecule has 2 aromatic carbocycles. The van der Waals surface area contributed by atoms with Gasteiger partial charge in [0, 0.05) is 11.6 Å². The first-order valence-corrected chi connectivity index (χ1v) is 6.88. The SMILES string of the molecule is C[C@H](N)Cc1ccc(C(F)(F)COc2ccccc2)cc1. The van der Waals surface area contributed by atoms with Gasteiger partial charge in [-0.1, -0.05) is 42.5 Å². The van der Waals surface area contributed by atoms with Gasteiger partial charge in [-0.25, -0.2) is 0 Å². The van der Waals surface area contributed by atoms with Gasteiger partial charge in [-0.3, -0.25) is 0 Å². The van der Waals surface area contributed by atoms with E-state index in [4.69, 9.17) is 10.5 Å². The average Bonchev–Trinajstić information content (AvgIpc) is 2.46. The van der Waals surface area contributed by atoms with Crippen LogP contribution in [-0.2, 0) is 12.3 Å². The van der Waals surface area contributed by atoms with Crippen LogP contribution in [0.2, 0.25) is 0 Å². The minimum absolute atomic E-state index is 0.0118. The highest BCUT2D eigenvalue weighted by Gasteiger charge is 2.32. The molecule has 4 heteroatoms. The number of hydrogen-bond donors (Lipinski definition) is 1. The Morgan fingerprint density at radius 2 is 1.67 bits per heavy atom. The summed E-state index contributed by atoms with van der Waals surface area (Å²) in [5.74, 6) is -2.59. The molecule has 2 N–H and O–H groups in total. The highest BCUT2D eigenvalue weighted by Crippen LogP contribution is 2.29. The van der Waals surface area contributed by atoms with Crippen molar-refractivity contribution in [3.63, 3.8) is 0 Å². The van der Waals surface area contributed by atoms with Gasteiger partial charge in [0.1, 0.15) is 5.75 Å². The average molecular weight is 291 g/mol. The third-order valence-corrected chi connectivity index (χ3v) is 3.10. The highest BCUT2D eigenvalue weighted by molar-refractivity contribution is 5.27. The van der Waals surface area contributed by atoms with Crippen molar-refractivity contribution >= 4 is 0 Å². The first-order valence-electron chi connectivity index (χ1n) is 6.88. The zero-order valence-electron chi connectivity index (χ0n) is 11.9. The van der Waals surface area contributed by atoms with Crippen LogP contribution in [0.15, 0.2) is 54.6 Å². The van der Waals surface area contributed by atoms with Gasteiger partial charge in [0.15, 0.2) is 6.61 Å². The van der Waals surface area contributed by atoms with Crippen molar-refractivity contribution in [2.24, 2.45) is 5.73 Å². The highest BCUT2D eigenvalue weighted by atomic mass is 19.3. The molecule has 0 radical (unpaired) electrons. The predicted molar refractivity (Wildman–Crippen MR) is 79.6 cm³/mol. The lowest BCUT2D eigenvalue weighted by Gasteiger charge is -2.18. The standard InChI is InChI=1S/C17H19F2NO/c1-13(20)11-14-7-9-15(10-8-14)17(18,19)12-21-16-5-3-2-4-6-16/h2-10,13H,11-12,20H2,1H3/t13-/m0/s1. The Morgan fingerprint density at radius 3 is 2.24 bits per heavy atom. The van der Waals surface area contributed by atoms with Gasteiger partial charge in [-0.2, -0.15) is 8.78 Å². The molecule has 0 fully saturated rings. The molecule has 0 aliphatic heterocycles. The molecule has 2 nitrogen and oxygen atoms in total. The summed E-state index contributed by atoms with van der Waals surface area (Å²) in [7, 11) is 0. The maximum atomic E-state index is 14.1. The molecule has 0 bridgehead atoms. The Hall–Kier alpha value is -1.94. The van der Waals surface area contributed by atoms with E-state index in [0.717, 1.165) is 5.56 Å². The number of nitrogens with two attached hydrogens (primary N) is 1. The molecule has 1 atom stereocenters. The molecule has 0 aliphatic rings. The lowest BCUT2D eigenvalue weighted by Crippen LogP contribution is -2.23. The van der Waals surface area contributed by atoms with E-state index < -0.39 is 12.5 Å². The van der Waals surface area contributed by atoms with E-state index in [1.54, 1.807) is 36.4 Å². The van der Waals surface area contributed by atoms with Crippen LogP contribution in [0.1, 0.15) is 18.1 Å². The number of ether oxygens (including phenoxy) is 1. The summed E-state index contributed by atoms with van der Waals surface area (Å²) in [6.45, 7) is 1.21. The molecule has 2 rings (SSSR count). The molecule has 0 aromatic heterocycles. The zero-order valence-corrected chi connectivity index (χ0v) is 11.9. The zero-order chi connectivity index (χ0) is 15.3. The van der Waals surface area contributed by atoms with E-state index >= 15 is 0 Å². The van der Waals surface area contributed by atoms with Crippen molar-refractivity contribution in [2.75, 3.05) is 6.61 Å². The van der Waals surface area contributed by atoms with E-state index in [1.165, 1.54) is 12.1 Å². The minimum atomic E-state index is -3.03. The quantitative estimate of drug-likeness (QED) is 0.879. The molecule has 112 valence electrons. The third kappa shape index (κ3) is 4.53. The molecule has 21 heavy (non-hydrogen) atoms. The van der Waals surface area contributed by atoms with Gasteiger partial charge >= 0.3 is 5.92 Å². The number of hydrogen-bond acceptors (Lipinski definition) is 2. The summed E-state index contributed by atoms with van der Waals surface area (Å²) in [5.41, 5.74) is 6.60. The Kier molecular flexibility index (Phi) is 4.91. The van der Waals surface area contributed by atoms with E-state index in [-0.39, 0.29) is 11.6 Å². The summed E-state index contributed by atoms with van der Waals surface area (Å²) in [6.07, 6.45) is 0.673. The van der Waals surface area contributed by atoms with Crippen LogP contribution in [0.5, 0.6) is 5.75 Å². The molecule has 0 spiro atoms. The van der Waals surface area contributed by atoms with Gasteiger partial charge in [0.25, 0.3) is 0 Å². The maximum Gasteiger partial charge on any atom is 0.306 e. The second kappa shape index (κ2) is 6.68.